The van der Waals surface area contributed by atoms with Gasteiger partial charge >= 0.3 is 5.97 Å². The van der Waals surface area contributed by atoms with E-state index in [-0.39, 0.29) is 30.5 Å². The van der Waals surface area contributed by atoms with Crippen molar-refractivity contribution < 1.29 is 33.4 Å². The van der Waals surface area contributed by atoms with Crippen LogP contribution < -0.4 is 14.2 Å². The van der Waals surface area contributed by atoms with Crippen LogP contribution in [-0.4, -0.2) is 31.9 Å². The lowest BCUT2D eigenvalue weighted by Crippen LogP contribution is -2.15. The molecular weight excluding hydrogens is 394 g/mol. The van der Waals surface area contributed by atoms with Crippen LogP contribution in [0.15, 0.2) is 24.3 Å². The number of ether oxygens (including phenoxy) is 5. The van der Waals surface area contributed by atoms with E-state index in [1.807, 2.05) is 0 Å². The largest absolute Gasteiger partial charge is 0.493 e. The van der Waals surface area contributed by atoms with Crippen LogP contribution in [0.3, 0.4) is 0 Å². The van der Waals surface area contributed by atoms with E-state index in [1.54, 1.807) is 12.1 Å². The van der Waals surface area contributed by atoms with Gasteiger partial charge in [0.2, 0.25) is 0 Å². The summed E-state index contributed by atoms with van der Waals surface area (Å²) in [6.07, 6.45) is 0. The van der Waals surface area contributed by atoms with Crippen LogP contribution in [-0.2, 0) is 22.7 Å². The van der Waals surface area contributed by atoms with Crippen molar-refractivity contribution in [2.75, 3.05) is 21.0 Å². The molecule has 0 atom stereocenters. The average Bonchev–Trinajstić information content (AvgIpc) is 2.70. The normalized spacial score (nSPS) is 12.5. The van der Waals surface area contributed by atoms with Gasteiger partial charge in [-0.1, -0.05) is 11.6 Å². The number of benzene rings is 2. The first-order chi connectivity index (χ1) is 13.4. The molecule has 9 nitrogen and oxygen atoms in total. The molecule has 3 rings (SSSR count). The molecule has 0 fully saturated rings. The van der Waals surface area contributed by atoms with Gasteiger partial charge in [0.05, 0.1) is 31.8 Å². The lowest BCUT2D eigenvalue weighted by Gasteiger charge is -2.21. The third-order valence-corrected chi connectivity index (χ3v) is 4.25. The van der Waals surface area contributed by atoms with Gasteiger partial charge in [0.15, 0.2) is 18.3 Å². The molecule has 0 aromatic heterocycles. The maximum absolute atomic E-state index is 12.5. The van der Waals surface area contributed by atoms with Crippen LogP contribution in [0.1, 0.15) is 21.5 Å². The number of carbonyl (C=O) groups excluding carboxylic acids is 1. The summed E-state index contributed by atoms with van der Waals surface area (Å²) in [6, 6.07) is 5.61. The summed E-state index contributed by atoms with van der Waals surface area (Å²) < 4.78 is 26.1. The number of nitro benzene ring substituents is 1. The summed E-state index contributed by atoms with van der Waals surface area (Å²) in [5.74, 6) is -0.0811. The second-order valence-corrected chi connectivity index (χ2v) is 6.16. The fourth-order valence-electron chi connectivity index (χ4n) is 2.77. The minimum Gasteiger partial charge on any atom is -0.493 e. The van der Waals surface area contributed by atoms with Crippen LogP contribution in [0, 0.1) is 10.1 Å². The van der Waals surface area contributed by atoms with Gasteiger partial charge in [-0.05, 0) is 12.1 Å². The summed E-state index contributed by atoms with van der Waals surface area (Å²) in [5, 5.41) is 11.8. The number of carbonyl (C=O) groups is 1. The highest BCUT2D eigenvalue weighted by atomic mass is 35.5. The summed E-state index contributed by atoms with van der Waals surface area (Å²) in [5.41, 5.74) is 0.535. The minimum atomic E-state index is -0.895. The molecule has 0 bridgehead atoms. The predicted molar refractivity (Wildman–Crippen MR) is 97.1 cm³/mol. The summed E-state index contributed by atoms with van der Waals surface area (Å²) in [7, 11) is 2.70. The molecule has 2 aromatic carbocycles. The van der Waals surface area contributed by atoms with Gasteiger partial charge in [0, 0.05) is 22.2 Å². The monoisotopic (exact) mass is 409 g/mol. The molecule has 28 heavy (non-hydrogen) atoms. The highest BCUT2D eigenvalue weighted by Crippen LogP contribution is 2.36. The van der Waals surface area contributed by atoms with Crippen molar-refractivity contribution in [2.45, 2.75) is 13.2 Å². The van der Waals surface area contributed by atoms with Gasteiger partial charge in [-0.2, -0.15) is 0 Å². The Bertz CT molecular complexity index is 930. The molecule has 0 saturated heterocycles. The van der Waals surface area contributed by atoms with Crippen molar-refractivity contribution >= 4 is 23.3 Å². The van der Waals surface area contributed by atoms with E-state index in [0.29, 0.717) is 22.9 Å². The molecule has 0 amide bonds. The molecule has 0 radical (unpaired) electrons. The highest BCUT2D eigenvalue weighted by Gasteiger charge is 2.26. The zero-order valence-corrected chi connectivity index (χ0v) is 15.8. The number of esters is 1. The molecule has 10 heteroatoms. The van der Waals surface area contributed by atoms with Crippen LogP contribution in [0.25, 0.3) is 0 Å². The first-order valence-corrected chi connectivity index (χ1v) is 8.41. The Balaban J connectivity index is 1.88. The summed E-state index contributed by atoms with van der Waals surface area (Å²) in [4.78, 5) is 23.2. The molecule has 0 N–H and O–H groups in total. The molecular formula is C18H16ClNO8. The molecule has 0 unspecified atom stereocenters. The van der Waals surface area contributed by atoms with E-state index in [9.17, 15) is 14.9 Å². The topological polar surface area (TPSA) is 106 Å². The van der Waals surface area contributed by atoms with Crippen LogP contribution >= 0.6 is 11.6 Å². The second kappa shape index (κ2) is 8.32. The Labute approximate surface area is 164 Å². The van der Waals surface area contributed by atoms with E-state index in [1.165, 1.54) is 20.3 Å². The second-order valence-electron chi connectivity index (χ2n) is 5.72. The van der Waals surface area contributed by atoms with E-state index < -0.39 is 16.6 Å². The van der Waals surface area contributed by atoms with E-state index >= 15 is 0 Å². The van der Waals surface area contributed by atoms with Crippen molar-refractivity contribution in [2.24, 2.45) is 0 Å². The molecule has 1 heterocycles. The SMILES string of the molecule is COc1cc(C(=O)OCc2cc(Cl)cc3c2OCOC3)c([N+](=O)[O-])cc1OC. The molecule has 0 aliphatic carbocycles. The predicted octanol–water partition coefficient (Wildman–Crippen LogP) is 3.49. The maximum Gasteiger partial charge on any atom is 0.345 e. The van der Waals surface area contributed by atoms with E-state index in [0.717, 1.165) is 11.6 Å². The van der Waals surface area contributed by atoms with Crippen molar-refractivity contribution in [1.29, 1.82) is 0 Å². The zero-order chi connectivity index (χ0) is 20.3. The van der Waals surface area contributed by atoms with Crippen molar-refractivity contribution in [3.8, 4) is 17.2 Å². The lowest BCUT2D eigenvalue weighted by atomic mass is 10.1. The van der Waals surface area contributed by atoms with Crippen molar-refractivity contribution in [3.05, 3.63) is 56.1 Å². The van der Waals surface area contributed by atoms with Crippen LogP contribution in [0.5, 0.6) is 17.2 Å². The third-order valence-electron chi connectivity index (χ3n) is 4.03. The number of hydrogen-bond acceptors (Lipinski definition) is 8. The number of halogens is 1. The molecule has 0 spiro atoms. The Kier molecular flexibility index (Phi) is 5.86. The first kappa shape index (κ1) is 19.7. The molecule has 2 aromatic rings. The molecule has 1 aliphatic heterocycles. The minimum absolute atomic E-state index is 0.0662. The number of nitrogens with zero attached hydrogens (tertiary/aromatic N) is 1. The number of rotatable bonds is 6. The van der Waals surface area contributed by atoms with Gasteiger partial charge in [-0.3, -0.25) is 10.1 Å². The molecule has 1 aliphatic rings. The van der Waals surface area contributed by atoms with Gasteiger partial charge in [0.25, 0.3) is 5.69 Å². The van der Waals surface area contributed by atoms with E-state index in [2.05, 4.69) is 0 Å². The maximum atomic E-state index is 12.5. The third kappa shape index (κ3) is 3.95. The van der Waals surface area contributed by atoms with Crippen molar-refractivity contribution in [3.63, 3.8) is 0 Å². The van der Waals surface area contributed by atoms with Gasteiger partial charge in [-0.15, -0.1) is 0 Å². The van der Waals surface area contributed by atoms with Gasteiger partial charge in [0.1, 0.15) is 17.9 Å². The Morgan fingerprint density at radius 3 is 2.61 bits per heavy atom. The Morgan fingerprint density at radius 1 is 1.21 bits per heavy atom. The van der Waals surface area contributed by atoms with E-state index in [4.69, 9.17) is 35.3 Å². The number of hydrogen-bond donors (Lipinski definition) is 0. The standard InChI is InChI=1S/C18H16ClNO8/c1-24-15-5-13(14(20(22)23)6-16(15)25-2)18(21)27-8-11-4-12(19)3-10-7-26-9-28-17(10)11/h3-6H,7-9H2,1-2H3. The number of fused-ring (bicyclic) bond motifs is 1. The Morgan fingerprint density at radius 2 is 1.93 bits per heavy atom. The average molecular weight is 410 g/mol. The zero-order valence-electron chi connectivity index (χ0n) is 15.0. The fourth-order valence-corrected chi connectivity index (χ4v) is 3.03. The number of nitro groups is 1. The van der Waals surface area contributed by atoms with Crippen LogP contribution in [0.2, 0.25) is 5.02 Å². The molecule has 0 saturated carbocycles. The van der Waals surface area contributed by atoms with Gasteiger partial charge < -0.3 is 23.7 Å². The van der Waals surface area contributed by atoms with Crippen molar-refractivity contribution in [1.82, 2.24) is 0 Å². The van der Waals surface area contributed by atoms with Crippen LogP contribution in [0.4, 0.5) is 5.69 Å². The smallest absolute Gasteiger partial charge is 0.345 e. The summed E-state index contributed by atoms with van der Waals surface area (Å²) in [6.45, 7) is 0.196. The van der Waals surface area contributed by atoms with Gasteiger partial charge in [-0.25, -0.2) is 4.79 Å². The molecule has 148 valence electrons. The Hall–Kier alpha value is -3.04. The lowest BCUT2D eigenvalue weighted by molar-refractivity contribution is -0.385. The quantitative estimate of drug-likeness (QED) is 0.405. The highest BCUT2D eigenvalue weighted by molar-refractivity contribution is 6.30. The fraction of sp³-hybridized carbons (Fsp3) is 0.278. The summed E-state index contributed by atoms with van der Waals surface area (Å²) >= 11 is 6.08. The first-order valence-electron chi connectivity index (χ1n) is 8.04. The number of methoxy groups -OCH3 is 2.